The molecule has 0 bridgehead atoms. The van der Waals surface area contributed by atoms with E-state index in [-0.39, 0.29) is 18.1 Å². The van der Waals surface area contributed by atoms with Gasteiger partial charge < -0.3 is 10.2 Å². The predicted molar refractivity (Wildman–Crippen MR) is 61.3 cm³/mol. The molecule has 0 unspecified atom stereocenters. The highest BCUT2D eigenvalue weighted by Gasteiger charge is 2.57. The third-order valence-corrected chi connectivity index (χ3v) is 3.46. The van der Waals surface area contributed by atoms with E-state index in [1.54, 1.807) is 24.3 Å². The van der Waals surface area contributed by atoms with Crippen LogP contribution in [-0.4, -0.2) is 5.92 Å². The van der Waals surface area contributed by atoms with Crippen molar-refractivity contribution in [2.24, 2.45) is 5.73 Å². The Labute approximate surface area is 101 Å². The summed E-state index contributed by atoms with van der Waals surface area (Å²) in [5, 5.41) is 0.833. The van der Waals surface area contributed by atoms with Crippen LogP contribution in [0.25, 0.3) is 11.0 Å². The van der Waals surface area contributed by atoms with Gasteiger partial charge in [-0.2, -0.15) is 0 Å². The van der Waals surface area contributed by atoms with Gasteiger partial charge in [-0.05, 0) is 17.7 Å². The first-order valence-electron chi connectivity index (χ1n) is 5.26. The van der Waals surface area contributed by atoms with Crippen LogP contribution in [0.3, 0.4) is 0 Å². The summed E-state index contributed by atoms with van der Waals surface area (Å²) in [7, 11) is 0. The maximum Gasteiger partial charge on any atom is 0.252 e. The number of alkyl halides is 2. The van der Waals surface area contributed by atoms with Crippen molar-refractivity contribution in [2.75, 3.05) is 0 Å². The van der Waals surface area contributed by atoms with Crippen molar-refractivity contribution in [1.29, 1.82) is 0 Å². The smallest absolute Gasteiger partial charge is 0.252 e. The van der Waals surface area contributed by atoms with Gasteiger partial charge in [0, 0.05) is 23.8 Å². The first-order valence-corrected chi connectivity index (χ1v) is 5.63. The Bertz CT molecular complexity index is 585. The first-order chi connectivity index (χ1) is 7.91. The second-order valence-corrected chi connectivity index (χ2v) is 4.96. The molecule has 1 aliphatic rings. The monoisotopic (exact) mass is 257 g/mol. The number of benzene rings is 1. The minimum absolute atomic E-state index is 0.115. The molecule has 2 aromatic rings. The van der Waals surface area contributed by atoms with Gasteiger partial charge in [0.15, 0.2) is 5.22 Å². The first kappa shape index (κ1) is 11.0. The molecule has 0 saturated heterocycles. The van der Waals surface area contributed by atoms with Crippen LogP contribution in [0.15, 0.2) is 28.7 Å². The van der Waals surface area contributed by atoms with Crippen LogP contribution in [0.2, 0.25) is 5.22 Å². The molecule has 2 nitrogen and oxygen atoms in total. The van der Waals surface area contributed by atoms with E-state index in [9.17, 15) is 8.78 Å². The van der Waals surface area contributed by atoms with Crippen LogP contribution >= 0.6 is 11.6 Å². The maximum atomic E-state index is 13.0. The number of hydrogen-bond donors (Lipinski definition) is 1. The largest absolute Gasteiger partial charge is 0.444 e. The summed E-state index contributed by atoms with van der Waals surface area (Å²) in [5.74, 6) is -2.70. The summed E-state index contributed by atoms with van der Waals surface area (Å²) in [6.45, 7) is 0. The molecule has 1 aliphatic carbocycles. The van der Waals surface area contributed by atoms with Gasteiger partial charge in [-0.25, -0.2) is 8.78 Å². The Morgan fingerprint density at radius 1 is 1.24 bits per heavy atom. The highest BCUT2D eigenvalue weighted by Crippen LogP contribution is 2.53. The third-order valence-electron chi connectivity index (χ3n) is 3.20. The molecule has 1 fully saturated rings. The summed E-state index contributed by atoms with van der Waals surface area (Å²) in [6.07, 6.45) is -0.771. The van der Waals surface area contributed by atoms with E-state index in [0.29, 0.717) is 11.1 Å². The number of rotatable bonds is 1. The highest BCUT2D eigenvalue weighted by molar-refractivity contribution is 6.31. The average Bonchev–Trinajstić information content (AvgIpc) is 2.50. The minimum Gasteiger partial charge on any atom is -0.444 e. The van der Waals surface area contributed by atoms with Crippen molar-refractivity contribution < 1.29 is 13.2 Å². The number of nitrogens with two attached hydrogens (primary N) is 1. The lowest BCUT2D eigenvalue weighted by atomic mass is 9.70. The van der Waals surface area contributed by atoms with Gasteiger partial charge in [-0.1, -0.05) is 18.2 Å². The fourth-order valence-corrected chi connectivity index (χ4v) is 2.90. The summed E-state index contributed by atoms with van der Waals surface area (Å²) < 4.78 is 31.3. The molecular weight excluding hydrogens is 248 g/mol. The molecule has 1 aromatic heterocycles. The second-order valence-electron chi connectivity index (χ2n) is 4.61. The van der Waals surface area contributed by atoms with Gasteiger partial charge in [-0.3, -0.25) is 0 Å². The molecule has 0 spiro atoms. The fourth-order valence-electron chi connectivity index (χ4n) is 2.53. The van der Waals surface area contributed by atoms with E-state index >= 15 is 0 Å². The van der Waals surface area contributed by atoms with E-state index in [1.807, 2.05) is 0 Å². The van der Waals surface area contributed by atoms with Crippen LogP contribution in [-0.2, 0) is 5.54 Å². The van der Waals surface area contributed by atoms with Gasteiger partial charge in [0.05, 0.1) is 5.54 Å². The minimum atomic E-state index is -2.70. The van der Waals surface area contributed by atoms with Crippen LogP contribution < -0.4 is 5.73 Å². The van der Waals surface area contributed by atoms with Crippen molar-refractivity contribution in [3.8, 4) is 0 Å². The SMILES string of the molecule is NC1(c2c(Cl)oc3ccccc23)CC(F)(F)C1. The predicted octanol–water partition coefficient (Wildman–Crippen LogP) is 3.67. The summed E-state index contributed by atoms with van der Waals surface area (Å²) >= 11 is 5.97. The lowest BCUT2D eigenvalue weighted by Crippen LogP contribution is -2.55. The standard InChI is InChI=1S/C12H10ClF2NO/c13-10-9(11(16)5-12(14,15)6-11)7-3-1-2-4-8(7)17-10/h1-4H,5-6,16H2. The molecule has 2 N–H and O–H groups in total. The molecule has 3 rings (SSSR count). The quantitative estimate of drug-likeness (QED) is 0.847. The van der Waals surface area contributed by atoms with Crippen LogP contribution in [0.1, 0.15) is 18.4 Å². The van der Waals surface area contributed by atoms with E-state index in [0.717, 1.165) is 5.39 Å². The maximum absolute atomic E-state index is 13.0. The zero-order valence-corrected chi connectivity index (χ0v) is 9.60. The molecule has 0 radical (unpaired) electrons. The Hall–Kier alpha value is -1.13. The van der Waals surface area contributed by atoms with Crippen molar-refractivity contribution >= 4 is 22.6 Å². The van der Waals surface area contributed by atoms with Crippen LogP contribution in [0.5, 0.6) is 0 Å². The summed E-state index contributed by atoms with van der Waals surface area (Å²) in [6, 6.07) is 7.12. The average molecular weight is 258 g/mol. The molecule has 1 saturated carbocycles. The number of hydrogen-bond acceptors (Lipinski definition) is 2. The zero-order valence-electron chi connectivity index (χ0n) is 8.84. The molecule has 0 amide bonds. The summed E-state index contributed by atoms with van der Waals surface area (Å²) in [5.41, 5.74) is 5.99. The molecule has 0 aliphatic heterocycles. The highest BCUT2D eigenvalue weighted by atomic mass is 35.5. The molecule has 1 aromatic carbocycles. The van der Waals surface area contributed by atoms with Gasteiger partial charge in [0.1, 0.15) is 5.58 Å². The van der Waals surface area contributed by atoms with E-state index in [2.05, 4.69) is 0 Å². The summed E-state index contributed by atoms with van der Waals surface area (Å²) in [4.78, 5) is 0. The second kappa shape index (κ2) is 3.21. The lowest BCUT2D eigenvalue weighted by Gasteiger charge is -2.44. The number of halogens is 3. The topological polar surface area (TPSA) is 39.2 Å². The van der Waals surface area contributed by atoms with E-state index in [4.69, 9.17) is 21.8 Å². The van der Waals surface area contributed by atoms with Crippen molar-refractivity contribution in [1.82, 2.24) is 0 Å². The Morgan fingerprint density at radius 2 is 1.88 bits per heavy atom. The normalized spacial score (nSPS) is 21.4. The third kappa shape index (κ3) is 1.55. The number of furan rings is 1. The van der Waals surface area contributed by atoms with Gasteiger partial charge >= 0.3 is 0 Å². The molecule has 17 heavy (non-hydrogen) atoms. The van der Waals surface area contributed by atoms with Gasteiger partial charge in [0.2, 0.25) is 0 Å². The zero-order chi connectivity index (χ0) is 12.3. The fraction of sp³-hybridized carbons (Fsp3) is 0.333. The van der Waals surface area contributed by atoms with E-state index < -0.39 is 11.5 Å². The Morgan fingerprint density at radius 3 is 2.53 bits per heavy atom. The van der Waals surface area contributed by atoms with Crippen molar-refractivity contribution in [2.45, 2.75) is 24.3 Å². The number of fused-ring (bicyclic) bond motifs is 1. The van der Waals surface area contributed by atoms with Crippen molar-refractivity contribution in [3.05, 3.63) is 35.0 Å². The molecular formula is C12H10ClF2NO. The molecule has 1 heterocycles. The molecule has 90 valence electrons. The van der Waals surface area contributed by atoms with Gasteiger partial charge in [-0.15, -0.1) is 0 Å². The number of para-hydroxylation sites is 1. The Kier molecular flexibility index (Phi) is 2.07. The van der Waals surface area contributed by atoms with Gasteiger partial charge in [0.25, 0.3) is 5.92 Å². The van der Waals surface area contributed by atoms with E-state index in [1.165, 1.54) is 0 Å². The molecule has 0 atom stereocenters. The lowest BCUT2D eigenvalue weighted by molar-refractivity contribution is -0.124. The van der Waals surface area contributed by atoms with Crippen LogP contribution in [0.4, 0.5) is 8.78 Å². The molecule has 5 heteroatoms. The van der Waals surface area contributed by atoms with Crippen LogP contribution in [0, 0.1) is 0 Å². The Balaban J connectivity index is 2.15. The van der Waals surface area contributed by atoms with Crippen molar-refractivity contribution in [3.63, 3.8) is 0 Å².